The number of pyridine rings is 1. The Labute approximate surface area is 280 Å². The molecule has 1 atom stereocenters. The Hall–Kier alpha value is -4.30. The summed E-state index contributed by atoms with van der Waals surface area (Å²) in [7, 11) is 0. The standard InChI is InChI=1S/C35H31BrClN3O6/c36-34-24(4-3-5-27(34)23-7-8-30-33(16-23)44-13-12-43-30)21-46-32-17-31(45-20-22-9-10-39-26(14-22)18-38)25(15-28(32)37)19-40-11-2-1-6-29(40)35(41)42/h3-5,7-10,14-17,29H,1-2,6,11-13,19-21H2,(H,41,42)/t29-/m0/s1. The summed E-state index contributed by atoms with van der Waals surface area (Å²) < 4.78 is 24.9. The second-order valence-electron chi connectivity index (χ2n) is 11.1. The number of likely N-dealkylation sites (tertiary alicyclic amines) is 1. The molecule has 0 amide bonds. The third kappa shape index (κ3) is 7.23. The van der Waals surface area contributed by atoms with Gasteiger partial charge in [-0.1, -0.05) is 42.3 Å². The van der Waals surface area contributed by atoms with Crippen LogP contribution >= 0.6 is 27.5 Å². The SMILES string of the molecule is N#Cc1cc(COc2cc(OCc3cccc(-c4ccc5c(c4)OCCO5)c3Br)c(Cl)cc2CN2CCCC[C@H]2C(=O)O)ccn1. The molecule has 46 heavy (non-hydrogen) atoms. The number of nitriles is 1. The minimum Gasteiger partial charge on any atom is -0.488 e. The number of piperidine rings is 1. The number of hydrogen-bond acceptors (Lipinski definition) is 8. The highest BCUT2D eigenvalue weighted by atomic mass is 79.9. The summed E-state index contributed by atoms with van der Waals surface area (Å²) >= 11 is 10.6. The average Bonchev–Trinajstić information content (AvgIpc) is 3.08. The first kappa shape index (κ1) is 31.7. The number of nitrogens with zero attached hydrogens (tertiary/aromatic N) is 3. The zero-order valence-corrected chi connectivity index (χ0v) is 27.2. The second kappa shape index (κ2) is 14.4. The molecule has 1 fully saturated rings. The van der Waals surface area contributed by atoms with Crippen molar-refractivity contribution >= 4 is 33.5 Å². The van der Waals surface area contributed by atoms with Gasteiger partial charge in [0.2, 0.25) is 0 Å². The van der Waals surface area contributed by atoms with Crippen molar-refractivity contribution in [1.29, 1.82) is 5.26 Å². The van der Waals surface area contributed by atoms with E-state index in [1.54, 1.807) is 30.5 Å². The number of aromatic nitrogens is 1. The van der Waals surface area contributed by atoms with E-state index in [-0.39, 0.29) is 13.2 Å². The molecule has 2 aliphatic heterocycles. The molecule has 6 rings (SSSR count). The van der Waals surface area contributed by atoms with Gasteiger partial charge in [0.15, 0.2) is 11.5 Å². The van der Waals surface area contributed by atoms with Crippen LogP contribution in [0.25, 0.3) is 11.1 Å². The van der Waals surface area contributed by atoms with Crippen molar-refractivity contribution in [3.8, 4) is 40.2 Å². The van der Waals surface area contributed by atoms with Crippen LogP contribution in [0, 0.1) is 11.3 Å². The monoisotopic (exact) mass is 703 g/mol. The molecule has 3 heterocycles. The van der Waals surface area contributed by atoms with Crippen LogP contribution in [0.4, 0.5) is 0 Å². The summed E-state index contributed by atoms with van der Waals surface area (Å²) in [6.07, 6.45) is 3.95. The number of ether oxygens (including phenoxy) is 4. The van der Waals surface area contributed by atoms with Crippen LogP contribution < -0.4 is 18.9 Å². The highest BCUT2D eigenvalue weighted by Crippen LogP contribution is 2.39. The van der Waals surface area contributed by atoms with Crippen molar-refractivity contribution in [3.05, 3.63) is 98.7 Å². The van der Waals surface area contributed by atoms with E-state index in [2.05, 4.69) is 20.9 Å². The Kier molecular flexibility index (Phi) is 9.93. The van der Waals surface area contributed by atoms with Crippen LogP contribution in [0.15, 0.2) is 71.3 Å². The van der Waals surface area contributed by atoms with Crippen LogP contribution in [0.1, 0.15) is 41.6 Å². The van der Waals surface area contributed by atoms with Crippen molar-refractivity contribution in [3.63, 3.8) is 0 Å². The third-order valence-corrected chi connectivity index (χ3v) is 9.27. The Bertz CT molecular complexity index is 1800. The van der Waals surface area contributed by atoms with Crippen molar-refractivity contribution in [2.45, 2.75) is 45.1 Å². The van der Waals surface area contributed by atoms with Crippen molar-refractivity contribution in [1.82, 2.24) is 9.88 Å². The van der Waals surface area contributed by atoms with Crippen LogP contribution in [-0.2, 0) is 24.6 Å². The number of carboxylic acid groups (broad SMARTS) is 1. The fraction of sp³-hybridized carbons (Fsp3) is 0.286. The Morgan fingerprint density at radius 1 is 1.02 bits per heavy atom. The van der Waals surface area contributed by atoms with Gasteiger partial charge < -0.3 is 24.1 Å². The van der Waals surface area contributed by atoms with E-state index in [1.807, 2.05) is 47.4 Å². The van der Waals surface area contributed by atoms with Gasteiger partial charge in [-0.15, -0.1) is 0 Å². The molecule has 11 heteroatoms. The first-order valence-electron chi connectivity index (χ1n) is 15.0. The fourth-order valence-corrected chi connectivity index (χ4v) is 6.54. The number of carboxylic acids is 1. The van der Waals surface area contributed by atoms with Crippen LogP contribution in [0.5, 0.6) is 23.0 Å². The van der Waals surface area contributed by atoms with Crippen molar-refractivity contribution < 1.29 is 28.8 Å². The van der Waals surface area contributed by atoms with Crippen LogP contribution in [0.3, 0.4) is 0 Å². The number of fused-ring (bicyclic) bond motifs is 1. The highest BCUT2D eigenvalue weighted by Gasteiger charge is 2.29. The lowest BCUT2D eigenvalue weighted by atomic mass is 10.0. The maximum atomic E-state index is 12.0. The largest absolute Gasteiger partial charge is 0.488 e. The molecule has 0 spiro atoms. The zero-order valence-electron chi connectivity index (χ0n) is 24.9. The van der Waals surface area contributed by atoms with Crippen LogP contribution in [0.2, 0.25) is 5.02 Å². The van der Waals surface area contributed by atoms with Gasteiger partial charge in [0, 0.05) is 34.4 Å². The first-order valence-corrected chi connectivity index (χ1v) is 16.1. The van der Waals surface area contributed by atoms with E-state index in [4.69, 9.17) is 30.5 Å². The predicted octanol–water partition coefficient (Wildman–Crippen LogP) is 7.40. The Morgan fingerprint density at radius 3 is 2.67 bits per heavy atom. The minimum atomic E-state index is -0.835. The lowest BCUT2D eigenvalue weighted by molar-refractivity contribution is -0.144. The number of carbonyl (C=O) groups is 1. The molecule has 236 valence electrons. The molecule has 1 aromatic heterocycles. The Balaban J connectivity index is 1.25. The topological polar surface area (TPSA) is 114 Å². The maximum Gasteiger partial charge on any atom is 0.320 e. The quantitative estimate of drug-likeness (QED) is 0.180. The normalized spacial score (nSPS) is 16.0. The molecular weight excluding hydrogens is 674 g/mol. The number of rotatable bonds is 10. The van der Waals surface area contributed by atoms with Gasteiger partial charge in [-0.05, 0) is 82.3 Å². The number of aliphatic carboxylic acids is 1. The maximum absolute atomic E-state index is 12.0. The van der Waals surface area contributed by atoms with Gasteiger partial charge >= 0.3 is 5.97 Å². The van der Waals surface area contributed by atoms with Gasteiger partial charge in [0.05, 0.1) is 5.02 Å². The fourth-order valence-electron chi connectivity index (χ4n) is 5.69. The molecule has 0 aliphatic carbocycles. The van der Waals surface area contributed by atoms with E-state index >= 15 is 0 Å². The number of halogens is 2. The van der Waals surface area contributed by atoms with E-state index in [0.29, 0.717) is 60.7 Å². The summed E-state index contributed by atoms with van der Waals surface area (Å²) in [5.74, 6) is 1.56. The smallest absolute Gasteiger partial charge is 0.320 e. The molecule has 0 saturated carbocycles. The lowest BCUT2D eigenvalue weighted by Gasteiger charge is -2.33. The van der Waals surface area contributed by atoms with Gasteiger partial charge in [-0.25, -0.2) is 4.98 Å². The first-order chi connectivity index (χ1) is 22.4. The molecular formula is C35H31BrClN3O6. The molecule has 0 bridgehead atoms. The number of benzene rings is 3. The summed E-state index contributed by atoms with van der Waals surface area (Å²) in [6.45, 7) is 2.47. The molecule has 2 aliphatic rings. The van der Waals surface area contributed by atoms with Gasteiger partial charge in [0.1, 0.15) is 55.7 Å². The Morgan fingerprint density at radius 2 is 1.85 bits per heavy atom. The highest BCUT2D eigenvalue weighted by molar-refractivity contribution is 9.10. The summed E-state index contributed by atoms with van der Waals surface area (Å²) in [6, 6.07) is 20.3. The molecule has 1 saturated heterocycles. The van der Waals surface area contributed by atoms with Crippen LogP contribution in [-0.4, -0.2) is 46.8 Å². The van der Waals surface area contributed by atoms with Gasteiger partial charge in [0.25, 0.3) is 0 Å². The van der Waals surface area contributed by atoms with E-state index in [9.17, 15) is 15.2 Å². The van der Waals surface area contributed by atoms with E-state index < -0.39 is 12.0 Å². The second-order valence-corrected chi connectivity index (χ2v) is 12.3. The third-order valence-electron chi connectivity index (χ3n) is 8.04. The zero-order chi connectivity index (χ0) is 32.0. The number of hydrogen-bond donors (Lipinski definition) is 1. The summed E-state index contributed by atoms with van der Waals surface area (Å²) in [4.78, 5) is 18.0. The lowest BCUT2D eigenvalue weighted by Crippen LogP contribution is -2.44. The van der Waals surface area contributed by atoms with Crippen molar-refractivity contribution in [2.75, 3.05) is 19.8 Å². The van der Waals surface area contributed by atoms with E-state index in [1.165, 1.54) is 0 Å². The molecule has 9 nitrogen and oxygen atoms in total. The molecule has 1 N–H and O–H groups in total. The van der Waals surface area contributed by atoms with Gasteiger partial charge in [-0.2, -0.15) is 5.26 Å². The summed E-state index contributed by atoms with van der Waals surface area (Å²) in [5, 5.41) is 19.5. The molecule has 4 aromatic rings. The molecule has 0 radical (unpaired) electrons. The molecule has 0 unspecified atom stereocenters. The predicted molar refractivity (Wildman–Crippen MR) is 175 cm³/mol. The van der Waals surface area contributed by atoms with Crippen molar-refractivity contribution in [2.24, 2.45) is 0 Å². The molecule has 3 aromatic carbocycles. The summed E-state index contributed by atoms with van der Waals surface area (Å²) in [5.41, 5.74) is 4.69. The van der Waals surface area contributed by atoms with Gasteiger partial charge in [-0.3, -0.25) is 9.69 Å². The average molecular weight is 705 g/mol. The van der Waals surface area contributed by atoms with E-state index in [0.717, 1.165) is 50.9 Å². The minimum absolute atomic E-state index is 0.177.